The molecule has 0 saturated heterocycles. The van der Waals surface area contributed by atoms with E-state index in [0.29, 0.717) is 17.4 Å². The zero-order valence-electron chi connectivity index (χ0n) is 40.8. The van der Waals surface area contributed by atoms with E-state index in [9.17, 15) is 0 Å². The molecule has 4 aromatic rings. The van der Waals surface area contributed by atoms with Gasteiger partial charge in [0, 0.05) is 12.5 Å². The van der Waals surface area contributed by atoms with Gasteiger partial charge in [-0.05, 0) is 136 Å². The van der Waals surface area contributed by atoms with Crippen LogP contribution in [0.3, 0.4) is 0 Å². The minimum atomic E-state index is -0.879. The van der Waals surface area contributed by atoms with Crippen LogP contribution >= 0.6 is 0 Å². The van der Waals surface area contributed by atoms with Crippen LogP contribution in [0, 0.1) is 5.92 Å². The molecule has 327 valence electrons. The van der Waals surface area contributed by atoms with Crippen molar-refractivity contribution in [1.82, 2.24) is 0 Å². The zero-order chi connectivity index (χ0) is 44.1. The standard InChI is InChI=1S/C59H81OSi/c1-14-15-16-21-38-61(40-54-50-27-22-25-48(53(50)39-52(54)41(2)3)43-29-33-45(34-30-43)57(5,6)7)56-42(4)47(24-19-17-18-20-37-60-59(11,12)13)55-49(26-23-28-51(55)56)44-31-35-46(36-32-44)58(8,9)10/h22-23,25-36,39,41,54,56H,14-21,24,37-38,40H2,1-13H3. The van der Waals surface area contributed by atoms with Crippen LogP contribution in [0.2, 0.25) is 12.1 Å². The van der Waals surface area contributed by atoms with E-state index in [2.05, 4.69) is 181 Å². The van der Waals surface area contributed by atoms with E-state index >= 15 is 0 Å². The lowest BCUT2D eigenvalue weighted by Gasteiger charge is -2.30. The maximum absolute atomic E-state index is 6.09. The smallest absolute Gasteiger partial charge is 0.0626 e. The largest absolute Gasteiger partial charge is 0.376 e. The minimum absolute atomic E-state index is 0.0606. The van der Waals surface area contributed by atoms with E-state index in [-0.39, 0.29) is 16.4 Å². The molecule has 0 aliphatic heterocycles. The first kappa shape index (κ1) is 47.0. The fourth-order valence-electron chi connectivity index (χ4n) is 10.2. The second-order valence-corrected chi connectivity index (χ2v) is 24.8. The van der Waals surface area contributed by atoms with Gasteiger partial charge in [-0.25, -0.2) is 0 Å². The Morgan fingerprint density at radius 3 is 1.75 bits per heavy atom. The van der Waals surface area contributed by atoms with Gasteiger partial charge in [-0.2, -0.15) is 0 Å². The third-order valence-corrected chi connectivity index (χ3v) is 17.2. The molecular formula is C59H81OSi. The Morgan fingerprint density at radius 2 is 1.18 bits per heavy atom. The van der Waals surface area contributed by atoms with Gasteiger partial charge in [0.1, 0.15) is 0 Å². The Hall–Kier alpha value is -3.46. The summed E-state index contributed by atoms with van der Waals surface area (Å²) in [5, 5.41) is 0. The summed E-state index contributed by atoms with van der Waals surface area (Å²) in [6.07, 6.45) is 14.0. The number of hydrogen-bond donors (Lipinski definition) is 0. The van der Waals surface area contributed by atoms with Crippen LogP contribution in [0.25, 0.3) is 33.9 Å². The molecule has 0 bridgehead atoms. The SMILES string of the molecule is CCCCCC[Si](CC1C(C(C)C)=Cc2c(-c3ccc(C(C)(C)C)cc3)cccc21)C1C(C)=C(CCCCCCOC(C)(C)C)c2c(-c3ccc(C(C)(C)C)cc3)cccc21. The van der Waals surface area contributed by atoms with Gasteiger partial charge >= 0.3 is 0 Å². The number of ether oxygens (including phenoxy) is 1. The molecule has 0 amide bonds. The predicted octanol–water partition coefficient (Wildman–Crippen LogP) is 17.7. The van der Waals surface area contributed by atoms with Crippen molar-refractivity contribution in [1.29, 1.82) is 0 Å². The number of fused-ring (bicyclic) bond motifs is 2. The normalized spacial score (nSPS) is 16.8. The van der Waals surface area contributed by atoms with Gasteiger partial charge in [-0.1, -0.05) is 209 Å². The van der Waals surface area contributed by atoms with E-state index in [1.165, 1.54) is 96.0 Å². The molecule has 4 aromatic carbocycles. The summed E-state index contributed by atoms with van der Waals surface area (Å²) in [5.41, 5.74) is 20.3. The molecule has 1 nitrogen and oxygen atoms in total. The molecule has 2 aliphatic rings. The molecular weight excluding hydrogens is 753 g/mol. The summed E-state index contributed by atoms with van der Waals surface area (Å²) < 4.78 is 6.09. The van der Waals surface area contributed by atoms with Crippen molar-refractivity contribution >= 4 is 20.4 Å². The molecule has 61 heavy (non-hydrogen) atoms. The van der Waals surface area contributed by atoms with Crippen LogP contribution in [-0.4, -0.2) is 21.0 Å². The van der Waals surface area contributed by atoms with Gasteiger partial charge in [0.05, 0.1) is 14.4 Å². The molecule has 0 spiro atoms. The van der Waals surface area contributed by atoms with Crippen LogP contribution in [0.4, 0.5) is 0 Å². The van der Waals surface area contributed by atoms with E-state index in [0.717, 1.165) is 19.4 Å². The molecule has 2 unspecified atom stereocenters. The highest BCUT2D eigenvalue weighted by molar-refractivity contribution is 6.62. The van der Waals surface area contributed by atoms with Crippen LogP contribution < -0.4 is 0 Å². The molecule has 6 rings (SSSR count). The molecule has 1 radical (unpaired) electrons. The van der Waals surface area contributed by atoms with Crippen molar-refractivity contribution in [2.24, 2.45) is 5.92 Å². The Labute approximate surface area is 375 Å². The second kappa shape index (κ2) is 19.9. The van der Waals surface area contributed by atoms with E-state index in [1.807, 2.05) is 0 Å². The number of unbranched alkanes of at least 4 members (excludes halogenated alkanes) is 6. The van der Waals surface area contributed by atoms with E-state index < -0.39 is 8.80 Å². The maximum atomic E-state index is 6.09. The monoisotopic (exact) mass is 834 g/mol. The molecule has 2 atom stereocenters. The minimum Gasteiger partial charge on any atom is -0.376 e. The first-order valence-corrected chi connectivity index (χ1v) is 26.3. The van der Waals surface area contributed by atoms with Crippen molar-refractivity contribution < 1.29 is 4.74 Å². The molecule has 0 N–H and O–H groups in total. The highest BCUT2D eigenvalue weighted by Crippen LogP contribution is 2.53. The third-order valence-electron chi connectivity index (χ3n) is 13.7. The maximum Gasteiger partial charge on any atom is 0.0626 e. The second-order valence-electron chi connectivity index (χ2n) is 22.0. The first-order chi connectivity index (χ1) is 28.9. The number of benzene rings is 4. The highest BCUT2D eigenvalue weighted by atomic mass is 28.3. The molecule has 0 aromatic heterocycles. The van der Waals surface area contributed by atoms with Crippen molar-refractivity contribution in [3.63, 3.8) is 0 Å². The summed E-state index contributed by atoms with van der Waals surface area (Å²) in [7, 11) is -0.879. The number of rotatable bonds is 18. The molecule has 0 fully saturated rings. The molecule has 2 heteroatoms. The van der Waals surface area contributed by atoms with Gasteiger partial charge in [0.15, 0.2) is 0 Å². The van der Waals surface area contributed by atoms with Crippen LogP contribution in [-0.2, 0) is 15.6 Å². The Morgan fingerprint density at radius 1 is 0.623 bits per heavy atom. The van der Waals surface area contributed by atoms with Crippen LogP contribution in [0.1, 0.15) is 193 Å². The molecule has 0 saturated carbocycles. The summed E-state index contributed by atoms with van der Waals surface area (Å²) >= 11 is 0. The van der Waals surface area contributed by atoms with Crippen molar-refractivity contribution in [3.05, 3.63) is 129 Å². The average molecular weight is 834 g/mol. The molecule has 0 heterocycles. The quantitative estimate of drug-likeness (QED) is 0.0717. The molecule has 2 aliphatic carbocycles. The van der Waals surface area contributed by atoms with Crippen molar-refractivity contribution in [2.45, 2.75) is 188 Å². The van der Waals surface area contributed by atoms with Gasteiger partial charge in [-0.15, -0.1) is 0 Å². The van der Waals surface area contributed by atoms with Gasteiger partial charge < -0.3 is 4.74 Å². The third kappa shape index (κ3) is 11.4. The lowest BCUT2D eigenvalue weighted by Crippen LogP contribution is -2.26. The summed E-state index contributed by atoms with van der Waals surface area (Å²) in [6.45, 7) is 31.1. The average Bonchev–Trinajstić information content (AvgIpc) is 3.72. The lowest BCUT2D eigenvalue weighted by molar-refractivity contribution is -0.00473. The fourth-order valence-corrected chi connectivity index (χ4v) is 14.1. The Bertz CT molecular complexity index is 2120. The number of allylic oxidation sites excluding steroid dienone is 3. The van der Waals surface area contributed by atoms with E-state index in [1.54, 1.807) is 33.4 Å². The lowest BCUT2D eigenvalue weighted by atomic mass is 9.85. The summed E-state index contributed by atoms with van der Waals surface area (Å²) in [4.78, 5) is 0. The summed E-state index contributed by atoms with van der Waals surface area (Å²) in [5.74, 6) is 0.990. The highest BCUT2D eigenvalue weighted by Gasteiger charge is 2.40. The first-order valence-electron chi connectivity index (χ1n) is 24.3. The van der Waals surface area contributed by atoms with Gasteiger partial charge in [-0.3, -0.25) is 0 Å². The Kier molecular flexibility index (Phi) is 15.4. The summed E-state index contributed by atoms with van der Waals surface area (Å²) in [6, 6.07) is 36.3. The van der Waals surface area contributed by atoms with Gasteiger partial charge in [0.25, 0.3) is 0 Å². The fraction of sp³-hybridized carbons (Fsp3) is 0.525. The topological polar surface area (TPSA) is 9.23 Å². The number of hydrogen-bond acceptors (Lipinski definition) is 1. The zero-order valence-corrected chi connectivity index (χ0v) is 41.8. The van der Waals surface area contributed by atoms with Crippen molar-refractivity contribution in [2.75, 3.05) is 6.61 Å². The van der Waals surface area contributed by atoms with Crippen molar-refractivity contribution in [3.8, 4) is 22.3 Å². The predicted molar refractivity (Wildman–Crippen MR) is 270 cm³/mol. The van der Waals surface area contributed by atoms with E-state index in [4.69, 9.17) is 4.74 Å². The van der Waals surface area contributed by atoms with Crippen LogP contribution in [0.5, 0.6) is 0 Å². The van der Waals surface area contributed by atoms with Crippen LogP contribution in [0.15, 0.2) is 96.1 Å². The Balaban J connectivity index is 1.39. The van der Waals surface area contributed by atoms with Gasteiger partial charge in [0.2, 0.25) is 0 Å².